The molecule has 2 aromatic heterocycles. The second-order valence-corrected chi connectivity index (χ2v) is 6.27. The van der Waals surface area contributed by atoms with E-state index in [1.54, 1.807) is 11.3 Å². The van der Waals surface area contributed by atoms with Crippen molar-refractivity contribution in [3.8, 4) is 6.07 Å². The lowest BCUT2D eigenvalue weighted by atomic mass is 9.96. The Hall–Kier alpha value is -2.70. The third-order valence-electron chi connectivity index (χ3n) is 4.08. The average Bonchev–Trinajstić information content (AvgIpc) is 2.92. The van der Waals surface area contributed by atoms with Gasteiger partial charge in [0.25, 0.3) is 0 Å². The molecule has 5 rings (SSSR count). The van der Waals surface area contributed by atoms with Crippen molar-refractivity contribution in [1.82, 2.24) is 4.98 Å². The molecule has 0 unspecified atom stereocenters. The van der Waals surface area contributed by atoms with Crippen molar-refractivity contribution in [2.24, 2.45) is 0 Å². The Bertz CT molecular complexity index is 1190. The van der Waals surface area contributed by atoms with E-state index in [1.807, 2.05) is 24.4 Å². The Balaban J connectivity index is 2.28. The van der Waals surface area contributed by atoms with Crippen LogP contribution in [0.4, 0.5) is 0 Å². The molecule has 0 fully saturated rings. The summed E-state index contributed by atoms with van der Waals surface area (Å²) in [4.78, 5) is 4.59. The van der Waals surface area contributed by atoms with E-state index in [2.05, 4.69) is 35.3 Å². The van der Waals surface area contributed by atoms with E-state index < -0.39 is 0 Å². The van der Waals surface area contributed by atoms with E-state index in [9.17, 15) is 5.26 Å². The number of benzene rings is 3. The van der Waals surface area contributed by atoms with Gasteiger partial charge in [-0.05, 0) is 29.7 Å². The topological polar surface area (TPSA) is 36.7 Å². The molecule has 0 radical (unpaired) electrons. The summed E-state index contributed by atoms with van der Waals surface area (Å²) >= 11 is 1.75. The zero-order valence-electron chi connectivity index (χ0n) is 10.9. The molecule has 3 heteroatoms. The Labute approximate surface area is 124 Å². The number of aromatic nitrogens is 1. The summed E-state index contributed by atoms with van der Waals surface area (Å²) in [5.41, 5.74) is 1.73. The van der Waals surface area contributed by atoms with Crippen molar-refractivity contribution < 1.29 is 0 Å². The Morgan fingerprint density at radius 1 is 0.905 bits per heavy atom. The number of hydrogen-bond acceptors (Lipinski definition) is 3. The molecular formula is C18H8N2S. The van der Waals surface area contributed by atoms with Gasteiger partial charge in [0.2, 0.25) is 0 Å². The fourth-order valence-electron chi connectivity index (χ4n) is 3.26. The number of thiophene rings is 1. The lowest BCUT2D eigenvalue weighted by molar-refractivity contribution is 1.43. The number of pyridine rings is 1. The Morgan fingerprint density at radius 3 is 2.67 bits per heavy atom. The van der Waals surface area contributed by atoms with Crippen LogP contribution >= 0.6 is 11.3 Å². The van der Waals surface area contributed by atoms with Crippen LogP contribution in [0.15, 0.2) is 48.7 Å². The van der Waals surface area contributed by atoms with Gasteiger partial charge in [0, 0.05) is 37.1 Å². The van der Waals surface area contributed by atoms with Gasteiger partial charge in [-0.3, -0.25) is 4.98 Å². The Morgan fingerprint density at radius 2 is 1.76 bits per heavy atom. The van der Waals surface area contributed by atoms with Crippen LogP contribution < -0.4 is 0 Å². The third-order valence-corrected chi connectivity index (χ3v) is 5.18. The van der Waals surface area contributed by atoms with Crippen molar-refractivity contribution in [1.29, 1.82) is 5.26 Å². The predicted molar refractivity (Wildman–Crippen MR) is 88.0 cm³/mol. The van der Waals surface area contributed by atoms with E-state index in [1.165, 1.54) is 25.6 Å². The molecule has 0 atom stereocenters. The lowest BCUT2D eigenvalue weighted by Crippen LogP contribution is -1.85. The van der Waals surface area contributed by atoms with Gasteiger partial charge in [0.05, 0.1) is 17.1 Å². The maximum atomic E-state index is 9.29. The molecule has 21 heavy (non-hydrogen) atoms. The van der Waals surface area contributed by atoms with Crippen molar-refractivity contribution in [3.63, 3.8) is 0 Å². The molecule has 0 saturated carbocycles. The molecule has 5 aromatic rings. The van der Waals surface area contributed by atoms with Gasteiger partial charge in [-0.1, -0.05) is 18.2 Å². The minimum atomic E-state index is 0.710. The number of fused-ring (bicyclic) bond motifs is 3. The molecule has 0 saturated heterocycles. The normalized spacial score (nSPS) is 11.8. The first-order chi connectivity index (χ1) is 10.4. The predicted octanol–water partition coefficient (Wildman–Crippen LogP) is 5.07. The fraction of sp³-hybridized carbons (Fsp3) is 0. The minimum absolute atomic E-state index is 0.710. The summed E-state index contributed by atoms with van der Waals surface area (Å²) in [6.07, 6.45) is 1.83. The lowest BCUT2D eigenvalue weighted by Gasteiger charge is -2.08. The van der Waals surface area contributed by atoms with Gasteiger partial charge in [0.15, 0.2) is 0 Å². The molecule has 96 valence electrons. The van der Waals surface area contributed by atoms with Crippen LogP contribution in [0.5, 0.6) is 0 Å². The first-order valence-electron chi connectivity index (χ1n) is 6.72. The number of nitriles is 1. The van der Waals surface area contributed by atoms with Gasteiger partial charge in [0.1, 0.15) is 0 Å². The zero-order valence-corrected chi connectivity index (χ0v) is 11.7. The summed E-state index contributed by atoms with van der Waals surface area (Å²) in [6.45, 7) is 0. The van der Waals surface area contributed by atoms with Crippen molar-refractivity contribution in [2.75, 3.05) is 0 Å². The van der Waals surface area contributed by atoms with E-state index in [0.29, 0.717) is 5.56 Å². The molecule has 2 heterocycles. The second kappa shape index (κ2) is 3.69. The molecule has 0 N–H and O–H groups in total. The number of hydrogen-bond donors (Lipinski definition) is 0. The summed E-state index contributed by atoms with van der Waals surface area (Å²) in [6, 6.07) is 16.7. The van der Waals surface area contributed by atoms with Crippen LogP contribution in [0.25, 0.3) is 41.8 Å². The highest BCUT2D eigenvalue weighted by molar-refractivity contribution is 7.26. The summed E-state index contributed by atoms with van der Waals surface area (Å²) in [5, 5.41) is 15.3. The van der Waals surface area contributed by atoms with Gasteiger partial charge in [-0.15, -0.1) is 11.3 Å². The molecule has 0 aliphatic carbocycles. The first-order valence-corrected chi connectivity index (χ1v) is 7.53. The van der Waals surface area contributed by atoms with Gasteiger partial charge in [-0.25, -0.2) is 0 Å². The molecule has 0 spiro atoms. The minimum Gasteiger partial charge on any atom is -0.256 e. The highest BCUT2D eigenvalue weighted by Crippen LogP contribution is 2.44. The maximum absolute atomic E-state index is 9.29. The second-order valence-electron chi connectivity index (χ2n) is 5.19. The highest BCUT2D eigenvalue weighted by Gasteiger charge is 2.16. The van der Waals surface area contributed by atoms with Gasteiger partial charge >= 0.3 is 0 Å². The fourth-order valence-corrected chi connectivity index (χ4v) is 4.46. The summed E-state index contributed by atoms with van der Waals surface area (Å²) in [5.74, 6) is 0. The Kier molecular flexibility index (Phi) is 1.93. The summed E-state index contributed by atoms with van der Waals surface area (Å²) < 4.78 is 2.44. The van der Waals surface area contributed by atoms with E-state index in [-0.39, 0.29) is 0 Å². The van der Waals surface area contributed by atoms with E-state index in [4.69, 9.17) is 0 Å². The quantitative estimate of drug-likeness (QED) is 0.372. The van der Waals surface area contributed by atoms with Crippen LogP contribution in [0.1, 0.15) is 5.56 Å². The van der Waals surface area contributed by atoms with Gasteiger partial charge in [-0.2, -0.15) is 5.26 Å². The molecule has 0 aliphatic rings. The monoisotopic (exact) mass is 284 g/mol. The van der Waals surface area contributed by atoms with E-state index in [0.717, 1.165) is 16.3 Å². The van der Waals surface area contributed by atoms with Crippen molar-refractivity contribution in [2.45, 2.75) is 0 Å². The van der Waals surface area contributed by atoms with Gasteiger partial charge < -0.3 is 0 Å². The maximum Gasteiger partial charge on any atom is 0.0992 e. The third kappa shape index (κ3) is 1.28. The van der Waals surface area contributed by atoms with Crippen molar-refractivity contribution >= 4 is 53.2 Å². The molecule has 0 aliphatic heterocycles. The van der Waals surface area contributed by atoms with Crippen LogP contribution in [0, 0.1) is 11.3 Å². The summed E-state index contributed by atoms with van der Waals surface area (Å²) in [7, 11) is 0. The van der Waals surface area contributed by atoms with Crippen LogP contribution in [-0.2, 0) is 0 Å². The first kappa shape index (κ1) is 11.0. The standard InChI is InChI=1S/C18H8N2S/c19-9-10-7-13-11-4-2-6-20-18(11)12-3-1-5-14-16(12)17(13)15(8-10)21-14/h1-8H. The van der Waals surface area contributed by atoms with Crippen LogP contribution in [0.3, 0.4) is 0 Å². The van der Waals surface area contributed by atoms with Crippen LogP contribution in [-0.4, -0.2) is 4.98 Å². The average molecular weight is 284 g/mol. The molecular weight excluding hydrogens is 276 g/mol. The van der Waals surface area contributed by atoms with E-state index >= 15 is 0 Å². The smallest absolute Gasteiger partial charge is 0.0992 e. The molecule has 3 aromatic carbocycles. The SMILES string of the molecule is N#Cc1cc2sc3cccc4c5ncccc5c(c1)c2c34. The number of rotatable bonds is 0. The highest BCUT2D eigenvalue weighted by atomic mass is 32.1. The van der Waals surface area contributed by atoms with Crippen molar-refractivity contribution in [3.05, 3.63) is 54.2 Å². The molecule has 0 bridgehead atoms. The molecule has 0 amide bonds. The molecule has 2 nitrogen and oxygen atoms in total. The number of nitrogens with zero attached hydrogens (tertiary/aromatic N) is 2. The van der Waals surface area contributed by atoms with Crippen LogP contribution in [0.2, 0.25) is 0 Å². The zero-order chi connectivity index (χ0) is 14.0. The largest absolute Gasteiger partial charge is 0.256 e.